The SMILES string of the molecule is C=C1C=C[C-](OC(F)(F)F)C=C1. The lowest BCUT2D eigenvalue weighted by molar-refractivity contribution is -0.313. The quantitative estimate of drug-likeness (QED) is 0.557. The molecule has 0 saturated heterocycles. The molecule has 0 N–H and O–H groups in total. The predicted molar refractivity (Wildman–Crippen MR) is 37.8 cm³/mol. The molecule has 1 aliphatic rings. The number of ether oxygens (including phenoxy) is 1. The smallest absolute Gasteiger partial charge is 0.320 e. The van der Waals surface area contributed by atoms with Gasteiger partial charge >= 0.3 is 6.36 Å². The van der Waals surface area contributed by atoms with Crippen LogP contribution in [-0.4, -0.2) is 6.36 Å². The van der Waals surface area contributed by atoms with Gasteiger partial charge in [-0.05, 0) is 6.10 Å². The highest BCUT2D eigenvalue weighted by molar-refractivity contribution is 5.39. The number of hydrogen-bond acceptors (Lipinski definition) is 1. The van der Waals surface area contributed by atoms with Crippen LogP contribution in [0.2, 0.25) is 0 Å². The molecule has 0 aromatic rings. The van der Waals surface area contributed by atoms with Crippen LogP contribution in [0.5, 0.6) is 0 Å². The molecule has 0 bridgehead atoms. The zero-order chi connectivity index (χ0) is 9.19. The molecule has 1 rings (SSSR count). The van der Waals surface area contributed by atoms with Crippen LogP contribution >= 0.6 is 0 Å². The van der Waals surface area contributed by atoms with Crippen LogP contribution < -0.4 is 0 Å². The minimum absolute atomic E-state index is 0.227. The van der Waals surface area contributed by atoms with Gasteiger partial charge in [0.2, 0.25) is 0 Å². The molecule has 12 heavy (non-hydrogen) atoms. The van der Waals surface area contributed by atoms with Crippen molar-refractivity contribution in [3.8, 4) is 0 Å². The number of rotatable bonds is 1. The van der Waals surface area contributed by atoms with Crippen LogP contribution in [0.15, 0.2) is 36.5 Å². The highest BCUT2D eigenvalue weighted by Gasteiger charge is 2.29. The van der Waals surface area contributed by atoms with Crippen LogP contribution in [0.4, 0.5) is 13.2 Å². The Bertz CT molecular complexity index is 221. The summed E-state index contributed by atoms with van der Waals surface area (Å²) in [5.74, 6) is 0. The van der Waals surface area contributed by atoms with Gasteiger partial charge < -0.3 is 4.74 Å². The van der Waals surface area contributed by atoms with Crippen LogP contribution in [0.3, 0.4) is 0 Å². The second kappa shape index (κ2) is 3.06. The molecule has 0 fully saturated rings. The molecule has 0 spiro atoms. The van der Waals surface area contributed by atoms with Gasteiger partial charge in [0.15, 0.2) is 0 Å². The Labute approximate surface area is 67.8 Å². The molecule has 0 amide bonds. The Morgan fingerprint density at radius 3 is 2.17 bits per heavy atom. The highest BCUT2D eigenvalue weighted by Crippen LogP contribution is 2.26. The summed E-state index contributed by atoms with van der Waals surface area (Å²) in [6.07, 6.45) is 0.478. The van der Waals surface area contributed by atoms with Gasteiger partial charge in [-0.2, -0.15) is 12.2 Å². The summed E-state index contributed by atoms with van der Waals surface area (Å²) in [6.45, 7) is 3.52. The first kappa shape index (κ1) is 8.93. The standard InChI is InChI=1S/C8H6F3O/c1-6-2-4-7(5-3-6)12-8(9,10)11/h2-5H,1H2/q-1. The van der Waals surface area contributed by atoms with Gasteiger partial charge in [-0.1, -0.05) is 0 Å². The average molecular weight is 175 g/mol. The van der Waals surface area contributed by atoms with Crippen molar-refractivity contribution in [2.75, 3.05) is 0 Å². The molecule has 0 aromatic heterocycles. The Kier molecular flexibility index (Phi) is 2.28. The van der Waals surface area contributed by atoms with Gasteiger partial charge in [-0.25, -0.2) is 0 Å². The summed E-state index contributed by atoms with van der Waals surface area (Å²) in [7, 11) is 0. The summed E-state index contributed by atoms with van der Waals surface area (Å²) >= 11 is 0. The van der Waals surface area contributed by atoms with E-state index in [1.54, 1.807) is 0 Å². The second-order valence-corrected chi connectivity index (χ2v) is 2.19. The van der Waals surface area contributed by atoms with Crippen molar-refractivity contribution in [1.82, 2.24) is 0 Å². The zero-order valence-electron chi connectivity index (χ0n) is 6.06. The maximum Gasteiger partial charge on any atom is 0.515 e. The fourth-order valence-corrected chi connectivity index (χ4v) is 0.691. The van der Waals surface area contributed by atoms with Crippen LogP contribution in [0.1, 0.15) is 0 Å². The maximum atomic E-state index is 11.6. The third kappa shape index (κ3) is 2.84. The highest BCUT2D eigenvalue weighted by atomic mass is 19.4. The molecule has 0 saturated carbocycles. The van der Waals surface area contributed by atoms with E-state index in [9.17, 15) is 13.2 Å². The van der Waals surface area contributed by atoms with Crippen molar-refractivity contribution in [3.05, 3.63) is 42.6 Å². The van der Waals surface area contributed by atoms with E-state index in [0.717, 1.165) is 0 Å². The summed E-state index contributed by atoms with van der Waals surface area (Å²) in [5, 5.41) is 0. The molecule has 1 aliphatic carbocycles. The lowest BCUT2D eigenvalue weighted by Crippen LogP contribution is -2.16. The summed E-state index contributed by atoms with van der Waals surface area (Å²) < 4.78 is 38.4. The van der Waals surface area contributed by atoms with E-state index < -0.39 is 6.36 Å². The van der Waals surface area contributed by atoms with Crippen LogP contribution in [0.25, 0.3) is 0 Å². The van der Waals surface area contributed by atoms with Crippen LogP contribution in [0, 0.1) is 6.10 Å². The number of halogens is 3. The van der Waals surface area contributed by atoms with Gasteiger partial charge in [0.05, 0.1) is 0 Å². The van der Waals surface area contributed by atoms with Gasteiger partial charge in [0, 0.05) is 0 Å². The Balaban J connectivity index is 2.52. The van der Waals surface area contributed by atoms with Gasteiger partial charge in [-0.15, -0.1) is 37.5 Å². The number of alkyl halides is 3. The van der Waals surface area contributed by atoms with Gasteiger partial charge in [0.1, 0.15) is 0 Å². The maximum absolute atomic E-state index is 11.6. The van der Waals surface area contributed by atoms with E-state index >= 15 is 0 Å². The third-order valence-corrected chi connectivity index (χ3v) is 1.16. The lowest BCUT2D eigenvalue weighted by Gasteiger charge is -2.21. The molecule has 1 nitrogen and oxygen atoms in total. The van der Waals surface area contributed by atoms with E-state index in [-0.39, 0.29) is 6.10 Å². The van der Waals surface area contributed by atoms with Gasteiger partial charge in [0.25, 0.3) is 0 Å². The van der Waals surface area contributed by atoms with Crippen LogP contribution in [-0.2, 0) is 4.74 Å². The monoisotopic (exact) mass is 175 g/mol. The molecule has 0 unspecified atom stereocenters. The largest absolute Gasteiger partial charge is 0.515 e. The fraction of sp³-hybridized carbons (Fsp3) is 0.125. The molecule has 0 heterocycles. The van der Waals surface area contributed by atoms with Crippen molar-refractivity contribution in [3.63, 3.8) is 0 Å². The van der Waals surface area contributed by atoms with Crippen molar-refractivity contribution < 1.29 is 17.9 Å². The minimum atomic E-state index is -4.62. The van der Waals surface area contributed by atoms with E-state index in [2.05, 4.69) is 11.3 Å². The molecule has 0 aromatic carbocycles. The molecular weight excluding hydrogens is 169 g/mol. The molecule has 4 heteroatoms. The fourth-order valence-electron chi connectivity index (χ4n) is 0.691. The molecule has 0 aliphatic heterocycles. The van der Waals surface area contributed by atoms with Crippen molar-refractivity contribution in [1.29, 1.82) is 0 Å². The predicted octanol–water partition coefficient (Wildman–Crippen LogP) is 2.74. The summed E-state index contributed by atoms with van der Waals surface area (Å²) in [4.78, 5) is 0. The molecule has 0 radical (unpaired) electrons. The first-order valence-corrected chi connectivity index (χ1v) is 3.15. The van der Waals surface area contributed by atoms with E-state index in [1.807, 2.05) is 0 Å². The van der Waals surface area contributed by atoms with Crippen molar-refractivity contribution >= 4 is 0 Å². The molecule has 0 atom stereocenters. The number of allylic oxidation sites excluding steroid dienone is 3. The van der Waals surface area contributed by atoms with Gasteiger partial charge in [-0.3, -0.25) is 0 Å². The first-order valence-electron chi connectivity index (χ1n) is 3.15. The minimum Gasteiger partial charge on any atom is -0.320 e. The Morgan fingerprint density at radius 2 is 1.75 bits per heavy atom. The first-order chi connectivity index (χ1) is 5.47. The average Bonchev–Trinajstić information content (AvgIpc) is 1.91. The third-order valence-electron chi connectivity index (χ3n) is 1.16. The normalized spacial score (nSPS) is 17.2. The molecular formula is C8H6F3O-. The second-order valence-electron chi connectivity index (χ2n) is 2.19. The van der Waals surface area contributed by atoms with Crippen molar-refractivity contribution in [2.45, 2.75) is 6.36 Å². The van der Waals surface area contributed by atoms with E-state index in [1.165, 1.54) is 24.3 Å². The van der Waals surface area contributed by atoms with E-state index in [4.69, 9.17) is 0 Å². The Morgan fingerprint density at radius 1 is 1.25 bits per heavy atom. The molecule has 66 valence electrons. The Hall–Kier alpha value is -1.16. The topological polar surface area (TPSA) is 9.23 Å². The lowest BCUT2D eigenvalue weighted by atomic mass is 10.1. The number of hydrogen-bond donors (Lipinski definition) is 0. The van der Waals surface area contributed by atoms with E-state index in [0.29, 0.717) is 5.57 Å². The zero-order valence-corrected chi connectivity index (χ0v) is 6.06. The van der Waals surface area contributed by atoms with Crippen molar-refractivity contribution in [2.24, 2.45) is 0 Å². The summed E-state index contributed by atoms with van der Waals surface area (Å²) in [6, 6.07) is 0. The summed E-state index contributed by atoms with van der Waals surface area (Å²) in [5.41, 5.74) is 0.643.